The Labute approximate surface area is 133 Å². The van der Waals surface area contributed by atoms with E-state index in [2.05, 4.69) is 0 Å². The van der Waals surface area contributed by atoms with Crippen molar-refractivity contribution in [3.63, 3.8) is 0 Å². The van der Waals surface area contributed by atoms with Gasteiger partial charge in [-0.05, 0) is 54.8 Å². The number of likely N-dealkylation sites (tertiary alicyclic amines) is 1. The normalized spacial score (nSPS) is 21.9. The molecule has 6 heteroatoms. The molecule has 4 nitrogen and oxygen atoms in total. The van der Waals surface area contributed by atoms with Crippen LogP contribution in [0, 0.1) is 5.82 Å². The molecule has 0 aromatic heterocycles. The van der Waals surface area contributed by atoms with Crippen LogP contribution in [-0.4, -0.2) is 35.8 Å². The van der Waals surface area contributed by atoms with Gasteiger partial charge < -0.3 is 4.90 Å². The maximum absolute atomic E-state index is 12.9. The first-order chi connectivity index (χ1) is 10.6. The lowest BCUT2D eigenvalue weighted by atomic mass is 10.1. The number of carbonyl (C=O) groups is 2. The zero-order valence-corrected chi connectivity index (χ0v) is 13.0. The lowest BCUT2D eigenvalue weighted by Gasteiger charge is -2.26. The van der Waals surface area contributed by atoms with Crippen molar-refractivity contribution in [3.8, 4) is 0 Å². The molecule has 0 spiro atoms. The van der Waals surface area contributed by atoms with Crippen LogP contribution in [0.3, 0.4) is 0 Å². The van der Waals surface area contributed by atoms with Crippen LogP contribution in [0.2, 0.25) is 0 Å². The predicted octanol–water partition coefficient (Wildman–Crippen LogP) is 1.89. The number of carbonyl (C=O) groups excluding carboxylic acids is 2. The molecule has 0 unspecified atom stereocenters. The van der Waals surface area contributed by atoms with Crippen LogP contribution in [0.4, 0.5) is 9.18 Å². The van der Waals surface area contributed by atoms with Crippen molar-refractivity contribution in [1.29, 1.82) is 0 Å². The second-order valence-electron chi connectivity index (χ2n) is 5.63. The number of quaternary nitrogens is 1. The van der Waals surface area contributed by atoms with Gasteiger partial charge in [0.15, 0.2) is 6.67 Å². The number of nitrogens with one attached hydrogen (secondary N) is 1. The number of nitrogens with zero attached hydrogens (tertiary/aromatic N) is 1. The van der Waals surface area contributed by atoms with E-state index in [-0.39, 0.29) is 17.0 Å². The van der Waals surface area contributed by atoms with Crippen molar-refractivity contribution < 1.29 is 18.9 Å². The highest BCUT2D eigenvalue weighted by Gasteiger charge is 2.37. The first-order valence-electron chi connectivity index (χ1n) is 7.48. The fourth-order valence-electron chi connectivity index (χ4n) is 2.78. The second-order valence-corrected chi connectivity index (χ2v) is 6.62. The topological polar surface area (TPSA) is 41.8 Å². The molecule has 2 amide bonds. The molecule has 116 valence electrons. The number of imide groups is 1. The minimum Gasteiger partial charge on any atom is -0.317 e. The quantitative estimate of drug-likeness (QED) is 0.865. The molecule has 0 saturated carbocycles. The number of hydrogen-bond acceptors (Lipinski definition) is 3. The molecular weight excluding hydrogens is 303 g/mol. The van der Waals surface area contributed by atoms with Crippen LogP contribution in [0.15, 0.2) is 29.2 Å². The largest absolute Gasteiger partial charge is 0.317 e. The molecule has 22 heavy (non-hydrogen) atoms. The highest BCUT2D eigenvalue weighted by Crippen LogP contribution is 2.31. The summed E-state index contributed by atoms with van der Waals surface area (Å²) >= 11 is 0.961. The van der Waals surface area contributed by atoms with Crippen LogP contribution in [0.5, 0.6) is 0 Å². The fraction of sp³-hybridized carbons (Fsp3) is 0.375. The minimum absolute atomic E-state index is 0.212. The number of hydrogen-bond donors (Lipinski definition) is 1. The molecule has 3 rings (SSSR count). The average molecular weight is 321 g/mol. The van der Waals surface area contributed by atoms with Crippen molar-refractivity contribution in [3.05, 3.63) is 40.6 Å². The van der Waals surface area contributed by atoms with Gasteiger partial charge in [-0.25, -0.2) is 9.29 Å². The van der Waals surface area contributed by atoms with Crippen molar-refractivity contribution in [2.75, 3.05) is 19.8 Å². The van der Waals surface area contributed by atoms with Gasteiger partial charge in [0.1, 0.15) is 5.82 Å². The molecule has 2 saturated heterocycles. The monoisotopic (exact) mass is 321 g/mol. The molecule has 1 aromatic rings. The summed E-state index contributed by atoms with van der Waals surface area (Å²) in [5.41, 5.74) is 0.720. The van der Waals surface area contributed by atoms with Crippen LogP contribution in [-0.2, 0) is 4.79 Å². The summed E-state index contributed by atoms with van der Waals surface area (Å²) in [6.45, 7) is 2.48. The van der Waals surface area contributed by atoms with E-state index in [1.165, 1.54) is 28.4 Å². The van der Waals surface area contributed by atoms with E-state index >= 15 is 0 Å². The van der Waals surface area contributed by atoms with Crippen molar-refractivity contribution in [2.45, 2.75) is 19.3 Å². The third kappa shape index (κ3) is 3.39. The Balaban J connectivity index is 1.71. The SMILES string of the molecule is O=C1S/C(=C\c2ccc(F)cc2)C(=O)N1C[NH+]1CCCCC1. The minimum atomic E-state index is -0.320. The Morgan fingerprint density at radius 2 is 1.82 bits per heavy atom. The zero-order chi connectivity index (χ0) is 15.5. The molecule has 2 heterocycles. The summed E-state index contributed by atoms with van der Waals surface area (Å²) in [5.74, 6) is -0.559. The third-order valence-corrected chi connectivity index (χ3v) is 4.89. The highest BCUT2D eigenvalue weighted by atomic mass is 32.2. The number of rotatable bonds is 3. The Morgan fingerprint density at radius 3 is 2.50 bits per heavy atom. The number of benzene rings is 1. The van der Waals surface area contributed by atoms with Crippen LogP contribution < -0.4 is 4.90 Å². The predicted molar refractivity (Wildman–Crippen MR) is 83.6 cm³/mol. The summed E-state index contributed by atoms with van der Waals surface area (Å²) in [5, 5.41) is -0.212. The maximum Gasteiger partial charge on any atom is 0.298 e. The van der Waals surface area contributed by atoms with Crippen molar-refractivity contribution in [2.24, 2.45) is 0 Å². The molecule has 0 atom stereocenters. The fourth-order valence-corrected chi connectivity index (χ4v) is 3.62. The molecule has 2 fully saturated rings. The molecule has 0 radical (unpaired) electrons. The number of halogens is 1. The van der Waals surface area contributed by atoms with Crippen molar-refractivity contribution in [1.82, 2.24) is 4.90 Å². The van der Waals surface area contributed by atoms with Gasteiger partial charge in [0.05, 0.1) is 18.0 Å². The van der Waals surface area contributed by atoms with Crippen molar-refractivity contribution >= 4 is 29.0 Å². The van der Waals surface area contributed by atoms with Crippen LogP contribution in [0.25, 0.3) is 6.08 Å². The van der Waals surface area contributed by atoms with E-state index in [0.29, 0.717) is 11.6 Å². The number of piperidine rings is 1. The van der Waals surface area contributed by atoms with E-state index in [9.17, 15) is 14.0 Å². The van der Waals surface area contributed by atoms with E-state index in [1.54, 1.807) is 18.2 Å². The smallest absolute Gasteiger partial charge is 0.298 e. The summed E-state index contributed by atoms with van der Waals surface area (Å²) in [7, 11) is 0. The zero-order valence-electron chi connectivity index (χ0n) is 12.2. The first-order valence-corrected chi connectivity index (χ1v) is 8.29. The summed E-state index contributed by atoms with van der Waals surface area (Å²) in [6, 6.07) is 5.88. The molecule has 1 N–H and O–H groups in total. The molecule has 2 aliphatic heterocycles. The number of thioether (sulfide) groups is 1. The lowest BCUT2D eigenvalue weighted by Crippen LogP contribution is -3.14. The van der Waals surface area contributed by atoms with Gasteiger partial charge in [-0.2, -0.15) is 0 Å². The van der Waals surface area contributed by atoms with Gasteiger partial charge in [-0.1, -0.05) is 12.1 Å². The Hall–Kier alpha value is -1.66. The van der Waals surface area contributed by atoms with Gasteiger partial charge in [0.25, 0.3) is 11.1 Å². The summed E-state index contributed by atoms with van der Waals surface area (Å²) in [6.07, 6.45) is 5.18. The van der Waals surface area contributed by atoms with E-state index in [1.807, 2.05) is 0 Å². The highest BCUT2D eigenvalue weighted by molar-refractivity contribution is 8.18. The van der Waals surface area contributed by atoms with Gasteiger partial charge in [0, 0.05) is 0 Å². The lowest BCUT2D eigenvalue weighted by molar-refractivity contribution is -0.912. The van der Waals surface area contributed by atoms with Gasteiger partial charge in [0.2, 0.25) is 0 Å². The molecule has 1 aromatic carbocycles. The summed E-state index contributed by atoms with van der Waals surface area (Å²) < 4.78 is 12.9. The van der Waals surface area contributed by atoms with E-state index < -0.39 is 0 Å². The molecule has 0 bridgehead atoms. The van der Waals surface area contributed by atoms with Gasteiger partial charge in [-0.15, -0.1) is 0 Å². The molecule has 2 aliphatic rings. The number of amides is 2. The van der Waals surface area contributed by atoms with Gasteiger partial charge >= 0.3 is 0 Å². The average Bonchev–Trinajstić information content (AvgIpc) is 2.78. The van der Waals surface area contributed by atoms with Crippen LogP contribution >= 0.6 is 11.8 Å². The summed E-state index contributed by atoms with van der Waals surface area (Å²) in [4.78, 5) is 27.5. The molecule has 0 aliphatic carbocycles. The Kier molecular flexibility index (Phi) is 4.59. The Bertz CT molecular complexity index is 609. The Morgan fingerprint density at radius 1 is 1.14 bits per heavy atom. The van der Waals surface area contributed by atoms with Gasteiger partial charge in [-0.3, -0.25) is 9.59 Å². The maximum atomic E-state index is 12.9. The first kappa shape index (κ1) is 15.2. The van der Waals surface area contributed by atoms with Crippen LogP contribution in [0.1, 0.15) is 24.8 Å². The van der Waals surface area contributed by atoms with E-state index in [4.69, 9.17) is 0 Å². The second kappa shape index (κ2) is 6.62. The van der Waals surface area contributed by atoms with E-state index in [0.717, 1.165) is 43.3 Å². The standard InChI is InChI=1S/C16H17FN2O2S/c17-13-6-4-12(5-7-13)10-14-15(20)19(16(21)22-14)11-18-8-2-1-3-9-18/h4-7,10H,1-3,8-9,11H2/p+1/b14-10-. The molecular formula is C16H18FN2O2S+. The third-order valence-electron chi connectivity index (χ3n) is 3.98.